The summed E-state index contributed by atoms with van der Waals surface area (Å²) >= 11 is 3.38. The van der Waals surface area contributed by atoms with Crippen LogP contribution in [0.1, 0.15) is 25.3 Å². The fourth-order valence-electron chi connectivity index (χ4n) is 2.48. The van der Waals surface area contributed by atoms with E-state index in [9.17, 15) is 15.2 Å². The first-order valence-corrected chi connectivity index (χ1v) is 7.04. The maximum absolute atomic E-state index is 10.7. The van der Waals surface area contributed by atoms with Crippen LogP contribution in [0.25, 0.3) is 0 Å². The average molecular weight is 329 g/mol. The van der Waals surface area contributed by atoms with Gasteiger partial charge in [0.2, 0.25) is 0 Å². The Morgan fingerprint density at radius 1 is 1.58 bits per heavy atom. The van der Waals surface area contributed by atoms with E-state index in [1.54, 1.807) is 6.07 Å². The second-order valence-electron chi connectivity index (χ2n) is 5.34. The molecule has 0 saturated carbocycles. The molecule has 0 amide bonds. The third-order valence-corrected chi connectivity index (χ3v) is 4.13. The molecule has 1 heterocycles. The number of non-ortho nitro benzene ring substituents is 1. The van der Waals surface area contributed by atoms with Crippen LogP contribution in [0, 0.1) is 10.1 Å². The molecule has 1 unspecified atom stereocenters. The maximum atomic E-state index is 10.7. The van der Waals surface area contributed by atoms with Crippen LogP contribution in [-0.2, 0) is 6.54 Å². The number of β-amino-alcohol motifs (C(OH)–C–C–N with tert-alkyl or cyclic N) is 1. The Kier molecular flexibility index (Phi) is 4.23. The van der Waals surface area contributed by atoms with E-state index in [2.05, 4.69) is 20.8 Å². The number of aliphatic hydroxyl groups is 1. The molecule has 1 saturated heterocycles. The number of rotatable bonds is 3. The van der Waals surface area contributed by atoms with Crippen molar-refractivity contribution in [3.63, 3.8) is 0 Å². The lowest BCUT2D eigenvalue weighted by Gasteiger charge is -2.36. The highest BCUT2D eigenvalue weighted by molar-refractivity contribution is 9.10. The van der Waals surface area contributed by atoms with Gasteiger partial charge < -0.3 is 5.11 Å². The Balaban J connectivity index is 2.09. The normalized spacial score (nSPS) is 24.4. The highest BCUT2D eigenvalue weighted by Crippen LogP contribution is 2.27. The lowest BCUT2D eigenvalue weighted by molar-refractivity contribution is -0.384. The monoisotopic (exact) mass is 328 g/mol. The molecule has 2 rings (SSSR count). The lowest BCUT2D eigenvalue weighted by Crippen LogP contribution is -2.45. The van der Waals surface area contributed by atoms with E-state index in [1.807, 2.05) is 6.92 Å². The molecule has 6 heteroatoms. The SMILES string of the molecule is CC1(O)CCCN(Cc2ccc([N+](=O)[O-])cc2Br)C1. The second kappa shape index (κ2) is 5.56. The molecule has 0 spiro atoms. The van der Waals surface area contributed by atoms with E-state index >= 15 is 0 Å². The third kappa shape index (κ3) is 3.75. The molecule has 1 N–H and O–H groups in total. The van der Waals surface area contributed by atoms with Crippen LogP contribution in [0.2, 0.25) is 0 Å². The minimum Gasteiger partial charge on any atom is -0.389 e. The number of likely N-dealkylation sites (tertiary alicyclic amines) is 1. The molecule has 0 aliphatic carbocycles. The number of nitrogens with zero attached hydrogens (tertiary/aromatic N) is 2. The van der Waals surface area contributed by atoms with Crippen molar-refractivity contribution in [3.05, 3.63) is 38.3 Å². The van der Waals surface area contributed by atoms with Gasteiger partial charge in [-0.25, -0.2) is 0 Å². The Morgan fingerprint density at radius 3 is 2.89 bits per heavy atom. The summed E-state index contributed by atoms with van der Waals surface area (Å²) in [6.45, 7) is 4.12. The molecule has 5 nitrogen and oxygen atoms in total. The van der Waals surface area contributed by atoms with Crippen LogP contribution in [0.3, 0.4) is 0 Å². The number of halogens is 1. The summed E-state index contributed by atoms with van der Waals surface area (Å²) in [5.74, 6) is 0. The van der Waals surface area contributed by atoms with Crippen LogP contribution in [0.4, 0.5) is 5.69 Å². The zero-order valence-corrected chi connectivity index (χ0v) is 12.4. The van der Waals surface area contributed by atoms with E-state index in [4.69, 9.17) is 0 Å². The highest BCUT2D eigenvalue weighted by atomic mass is 79.9. The van der Waals surface area contributed by atoms with E-state index < -0.39 is 10.5 Å². The van der Waals surface area contributed by atoms with Crippen molar-refractivity contribution in [2.45, 2.75) is 31.9 Å². The van der Waals surface area contributed by atoms with E-state index in [0.717, 1.165) is 29.4 Å². The Hall–Kier alpha value is -0.980. The van der Waals surface area contributed by atoms with E-state index in [0.29, 0.717) is 13.1 Å². The van der Waals surface area contributed by atoms with Gasteiger partial charge in [0.15, 0.2) is 0 Å². The molecular weight excluding hydrogens is 312 g/mol. The molecule has 104 valence electrons. The molecular formula is C13H17BrN2O3. The topological polar surface area (TPSA) is 66.6 Å². The lowest BCUT2D eigenvalue weighted by atomic mass is 9.95. The zero-order chi connectivity index (χ0) is 14.0. The van der Waals surface area contributed by atoms with Crippen LogP contribution in [0.15, 0.2) is 22.7 Å². The quantitative estimate of drug-likeness (QED) is 0.684. The first kappa shape index (κ1) is 14.4. The number of nitro groups is 1. The standard InChI is InChI=1S/C13H17BrN2O3/c1-13(17)5-2-6-15(9-13)8-10-3-4-11(16(18)19)7-12(10)14/h3-4,7,17H,2,5-6,8-9H2,1H3. The Bertz CT molecular complexity index is 491. The Labute approximate surface area is 120 Å². The van der Waals surface area contributed by atoms with Gasteiger partial charge in [0.05, 0.1) is 10.5 Å². The van der Waals surface area contributed by atoms with Crippen molar-refractivity contribution in [2.24, 2.45) is 0 Å². The van der Waals surface area contributed by atoms with Crippen molar-refractivity contribution >= 4 is 21.6 Å². The number of hydrogen-bond acceptors (Lipinski definition) is 4. The molecule has 0 aromatic heterocycles. The van der Waals surface area contributed by atoms with Gasteiger partial charge in [0, 0.05) is 29.7 Å². The summed E-state index contributed by atoms with van der Waals surface area (Å²) in [5.41, 5.74) is 0.454. The van der Waals surface area contributed by atoms with Crippen molar-refractivity contribution < 1.29 is 10.0 Å². The van der Waals surface area contributed by atoms with Gasteiger partial charge >= 0.3 is 0 Å². The Morgan fingerprint density at radius 2 is 2.32 bits per heavy atom. The second-order valence-corrected chi connectivity index (χ2v) is 6.20. The summed E-state index contributed by atoms with van der Waals surface area (Å²) < 4.78 is 0.743. The third-order valence-electron chi connectivity index (χ3n) is 3.40. The number of benzene rings is 1. The van der Waals surface area contributed by atoms with E-state index in [1.165, 1.54) is 12.1 Å². The summed E-state index contributed by atoms with van der Waals surface area (Å²) in [6.07, 6.45) is 1.79. The minimum absolute atomic E-state index is 0.0845. The summed E-state index contributed by atoms with van der Waals surface area (Å²) in [4.78, 5) is 12.5. The van der Waals surface area contributed by atoms with Crippen LogP contribution >= 0.6 is 15.9 Å². The maximum Gasteiger partial charge on any atom is 0.270 e. The highest BCUT2D eigenvalue weighted by Gasteiger charge is 2.28. The largest absolute Gasteiger partial charge is 0.389 e. The van der Waals surface area contributed by atoms with Gasteiger partial charge in [-0.1, -0.05) is 15.9 Å². The van der Waals surface area contributed by atoms with E-state index in [-0.39, 0.29) is 5.69 Å². The summed E-state index contributed by atoms with van der Waals surface area (Å²) in [6, 6.07) is 4.81. The molecule has 0 radical (unpaired) electrons. The van der Waals surface area contributed by atoms with Gasteiger partial charge in [-0.2, -0.15) is 0 Å². The molecule has 1 aromatic rings. The molecule has 1 aliphatic rings. The minimum atomic E-state index is -0.633. The fraction of sp³-hybridized carbons (Fsp3) is 0.538. The first-order chi connectivity index (χ1) is 8.87. The smallest absolute Gasteiger partial charge is 0.270 e. The van der Waals surface area contributed by atoms with Crippen molar-refractivity contribution in [1.29, 1.82) is 0 Å². The van der Waals surface area contributed by atoms with Gasteiger partial charge in [0.25, 0.3) is 5.69 Å². The molecule has 19 heavy (non-hydrogen) atoms. The molecule has 1 atom stereocenters. The predicted octanol–water partition coefficient (Wildman–Crippen LogP) is 2.70. The van der Waals surface area contributed by atoms with Gasteiger partial charge in [-0.15, -0.1) is 0 Å². The van der Waals surface area contributed by atoms with Crippen LogP contribution < -0.4 is 0 Å². The van der Waals surface area contributed by atoms with Crippen molar-refractivity contribution in [3.8, 4) is 0 Å². The molecule has 1 aliphatic heterocycles. The van der Waals surface area contributed by atoms with Gasteiger partial charge in [0.1, 0.15) is 0 Å². The molecule has 1 fully saturated rings. The number of hydrogen-bond donors (Lipinski definition) is 1. The number of piperidine rings is 1. The van der Waals surface area contributed by atoms with Crippen molar-refractivity contribution in [2.75, 3.05) is 13.1 Å². The summed E-state index contributed by atoms with van der Waals surface area (Å²) in [7, 11) is 0. The predicted molar refractivity (Wildman–Crippen MR) is 75.9 cm³/mol. The van der Waals surface area contributed by atoms with Crippen molar-refractivity contribution in [1.82, 2.24) is 4.90 Å². The number of nitro benzene ring substituents is 1. The van der Waals surface area contributed by atoms with Gasteiger partial charge in [-0.05, 0) is 37.9 Å². The first-order valence-electron chi connectivity index (χ1n) is 6.25. The fourth-order valence-corrected chi connectivity index (χ4v) is 2.97. The van der Waals surface area contributed by atoms with Crippen LogP contribution in [-0.4, -0.2) is 33.6 Å². The molecule has 1 aromatic carbocycles. The van der Waals surface area contributed by atoms with Gasteiger partial charge in [-0.3, -0.25) is 15.0 Å². The zero-order valence-electron chi connectivity index (χ0n) is 10.8. The van der Waals surface area contributed by atoms with Crippen LogP contribution in [0.5, 0.6) is 0 Å². The summed E-state index contributed by atoms with van der Waals surface area (Å²) in [5, 5.41) is 20.7. The molecule has 0 bridgehead atoms. The average Bonchev–Trinajstić information content (AvgIpc) is 2.30.